The maximum absolute atomic E-state index is 13.9. The number of nitrogen functional groups attached to an aromatic ring is 1. The zero-order valence-corrected chi connectivity index (χ0v) is 21.9. The van der Waals surface area contributed by atoms with Gasteiger partial charge in [-0.2, -0.15) is 0 Å². The van der Waals surface area contributed by atoms with Crippen molar-refractivity contribution in [2.45, 2.75) is 64.7 Å². The van der Waals surface area contributed by atoms with Crippen LogP contribution in [0.2, 0.25) is 0 Å². The third kappa shape index (κ3) is 6.06. The number of ketones is 1. The van der Waals surface area contributed by atoms with Crippen LogP contribution in [0, 0.1) is 17.7 Å². The van der Waals surface area contributed by atoms with Crippen molar-refractivity contribution >= 4 is 27.8 Å². The maximum Gasteiger partial charge on any atom is 0.180 e. The number of anilines is 1. The number of nitrogens with two attached hydrogens (primary N) is 1. The Balaban J connectivity index is 1.28. The topological polar surface area (TPSA) is 73.8 Å². The van der Waals surface area contributed by atoms with Gasteiger partial charge in [0.15, 0.2) is 5.13 Å². The second-order valence-corrected chi connectivity index (χ2v) is 11.3. The van der Waals surface area contributed by atoms with E-state index in [1.165, 1.54) is 23.1 Å². The molecule has 0 fully saturated rings. The first-order valence-electron chi connectivity index (χ1n) is 13.0. The van der Waals surface area contributed by atoms with Crippen LogP contribution >= 0.6 is 11.3 Å². The number of aromatic nitrogens is 3. The number of carbonyl (C=O) groups is 1. The van der Waals surface area contributed by atoms with Gasteiger partial charge in [-0.25, -0.2) is 18.7 Å². The highest BCUT2D eigenvalue weighted by molar-refractivity contribution is 7.15. The number of Topliss-reactive ketones (excluding diaryl/α,β-unsaturated/α-hetero) is 1. The van der Waals surface area contributed by atoms with Crippen LogP contribution in [0.25, 0.3) is 11.3 Å². The zero-order valence-electron chi connectivity index (χ0n) is 21.1. The highest BCUT2D eigenvalue weighted by atomic mass is 32.1. The van der Waals surface area contributed by atoms with Crippen molar-refractivity contribution in [1.29, 1.82) is 0 Å². The molecule has 194 valence electrons. The largest absolute Gasteiger partial charge is 0.375 e. The number of hydrogen-bond donors (Lipinski definition) is 1. The molecule has 2 heterocycles. The molecule has 0 aliphatic heterocycles. The van der Waals surface area contributed by atoms with Crippen molar-refractivity contribution < 1.29 is 13.6 Å². The van der Waals surface area contributed by atoms with E-state index >= 15 is 0 Å². The molecule has 1 aromatic carbocycles. The Kier molecular flexibility index (Phi) is 7.65. The summed E-state index contributed by atoms with van der Waals surface area (Å²) in [4.78, 5) is 23.7. The highest BCUT2D eigenvalue weighted by Gasteiger charge is 2.22. The first-order valence-corrected chi connectivity index (χ1v) is 13.8. The summed E-state index contributed by atoms with van der Waals surface area (Å²) in [5.41, 5.74) is 9.46. The number of imidazole rings is 1. The van der Waals surface area contributed by atoms with Crippen LogP contribution in [0.15, 0.2) is 48.4 Å². The average Bonchev–Trinajstić information content (AvgIpc) is 3.43. The van der Waals surface area contributed by atoms with Crippen LogP contribution in [0.3, 0.4) is 0 Å². The number of fused-ring (bicyclic) bond motifs is 1. The van der Waals surface area contributed by atoms with Gasteiger partial charge in [0, 0.05) is 29.1 Å². The number of benzene rings is 1. The molecule has 0 saturated heterocycles. The molecular formula is C29H32F2N4OS. The number of hydrogen-bond acceptors (Lipinski definition) is 5. The Morgan fingerprint density at radius 2 is 1.95 bits per heavy atom. The monoisotopic (exact) mass is 522 g/mol. The SMILES string of the molecule is CC1CC(c2cn(-c3ccc(F)cc3)c(CC(=O)CCC3CCCc4nc(N)sc4CC3)n2)=CC=C1F. The van der Waals surface area contributed by atoms with Crippen molar-refractivity contribution in [3.63, 3.8) is 0 Å². The molecule has 2 aromatic heterocycles. The molecule has 2 atom stereocenters. The van der Waals surface area contributed by atoms with Crippen LogP contribution in [-0.4, -0.2) is 20.3 Å². The first kappa shape index (κ1) is 25.5. The van der Waals surface area contributed by atoms with Gasteiger partial charge in [0.05, 0.1) is 17.8 Å². The van der Waals surface area contributed by atoms with E-state index in [4.69, 9.17) is 10.7 Å². The Bertz CT molecular complexity index is 1340. The molecule has 0 amide bonds. The zero-order chi connectivity index (χ0) is 25.9. The van der Waals surface area contributed by atoms with E-state index in [1.54, 1.807) is 29.5 Å². The number of rotatable bonds is 7. The van der Waals surface area contributed by atoms with Gasteiger partial charge in [-0.3, -0.25) is 4.79 Å². The number of nitrogens with zero attached hydrogens (tertiary/aromatic N) is 3. The quantitative estimate of drug-likeness (QED) is 0.370. The minimum Gasteiger partial charge on any atom is -0.375 e. The lowest BCUT2D eigenvalue weighted by atomic mass is 9.88. The number of halogens is 2. The molecule has 0 bridgehead atoms. The summed E-state index contributed by atoms with van der Waals surface area (Å²) in [6.45, 7) is 1.85. The summed E-state index contributed by atoms with van der Waals surface area (Å²) in [7, 11) is 0. The van der Waals surface area contributed by atoms with Crippen molar-refractivity contribution in [2.24, 2.45) is 11.8 Å². The lowest BCUT2D eigenvalue weighted by Gasteiger charge is -2.19. The number of allylic oxidation sites excluding steroid dienone is 4. The number of thiazole rings is 1. The second kappa shape index (κ2) is 11.1. The fourth-order valence-electron chi connectivity index (χ4n) is 5.30. The molecule has 8 heteroatoms. The van der Waals surface area contributed by atoms with Gasteiger partial charge in [-0.05, 0) is 80.4 Å². The van der Waals surface area contributed by atoms with Crippen molar-refractivity contribution in [2.75, 3.05) is 5.73 Å². The summed E-state index contributed by atoms with van der Waals surface area (Å²) < 4.78 is 29.3. The predicted molar refractivity (Wildman–Crippen MR) is 144 cm³/mol. The van der Waals surface area contributed by atoms with E-state index in [-0.39, 0.29) is 29.8 Å². The standard InChI is InChI=1S/C29H32F2N4OS/c1-18-15-20(7-13-24(18)31)26-17-35(22-10-8-21(30)9-11-22)28(33-26)16-23(36)12-5-19-3-2-4-25-27(14-6-19)37-29(32)34-25/h7-11,13,17-19H,2-6,12,14-16H2,1H3,(H2,32,34). The molecule has 37 heavy (non-hydrogen) atoms. The molecule has 3 aromatic rings. The lowest BCUT2D eigenvalue weighted by Crippen LogP contribution is -2.13. The number of aryl methyl sites for hydroxylation is 2. The fraction of sp³-hybridized carbons (Fsp3) is 0.414. The Hall–Kier alpha value is -3.13. The minimum atomic E-state index is -0.321. The van der Waals surface area contributed by atoms with Gasteiger partial charge in [-0.15, -0.1) is 11.3 Å². The third-order valence-electron chi connectivity index (χ3n) is 7.44. The molecule has 2 aliphatic carbocycles. The Morgan fingerprint density at radius 1 is 1.14 bits per heavy atom. The Morgan fingerprint density at radius 3 is 2.73 bits per heavy atom. The summed E-state index contributed by atoms with van der Waals surface area (Å²) in [6.07, 6.45) is 12.4. The van der Waals surface area contributed by atoms with Crippen LogP contribution in [0.4, 0.5) is 13.9 Å². The van der Waals surface area contributed by atoms with Crippen LogP contribution in [-0.2, 0) is 24.1 Å². The summed E-state index contributed by atoms with van der Waals surface area (Å²) >= 11 is 1.59. The molecule has 0 radical (unpaired) electrons. The molecule has 5 nitrogen and oxygen atoms in total. The van der Waals surface area contributed by atoms with E-state index in [2.05, 4.69) is 4.98 Å². The van der Waals surface area contributed by atoms with Crippen LogP contribution in [0.1, 0.15) is 67.5 Å². The Labute approximate surface area is 220 Å². The van der Waals surface area contributed by atoms with Crippen molar-refractivity contribution in [3.8, 4) is 5.69 Å². The molecular weight excluding hydrogens is 490 g/mol. The fourth-order valence-corrected chi connectivity index (χ4v) is 6.20. The van der Waals surface area contributed by atoms with Crippen molar-refractivity contribution in [1.82, 2.24) is 14.5 Å². The predicted octanol–water partition coefficient (Wildman–Crippen LogP) is 6.80. The molecule has 0 saturated carbocycles. The molecule has 5 rings (SSSR count). The molecule has 2 unspecified atom stereocenters. The van der Waals surface area contributed by atoms with Gasteiger partial charge in [0.1, 0.15) is 23.3 Å². The van der Waals surface area contributed by atoms with Gasteiger partial charge in [0.25, 0.3) is 0 Å². The van der Waals surface area contributed by atoms with Crippen LogP contribution < -0.4 is 5.73 Å². The van der Waals surface area contributed by atoms with Crippen LogP contribution in [0.5, 0.6) is 0 Å². The molecule has 2 aliphatic rings. The van der Waals surface area contributed by atoms with E-state index in [1.807, 2.05) is 17.7 Å². The number of carbonyl (C=O) groups excluding carboxylic acids is 1. The summed E-state index contributed by atoms with van der Waals surface area (Å²) in [6, 6.07) is 6.16. The van der Waals surface area contributed by atoms with Gasteiger partial charge >= 0.3 is 0 Å². The van der Waals surface area contributed by atoms with E-state index < -0.39 is 0 Å². The first-order chi connectivity index (χ1) is 17.9. The average molecular weight is 523 g/mol. The third-order valence-corrected chi connectivity index (χ3v) is 8.43. The van der Waals surface area contributed by atoms with Gasteiger partial charge < -0.3 is 10.3 Å². The minimum absolute atomic E-state index is 0.138. The lowest BCUT2D eigenvalue weighted by molar-refractivity contribution is -0.118. The molecule has 0 spiro atoms. The highest BCUT2D eigenvalue weighted by Crippen LogP contribution is 2.33. The van der Waals surface area contributed by atoms with Crippen molar-refractivity contribution in [3.05, 3.63) is 76.3 Å². The molecule has 2 N–H and O–H groups in total. The van der Waals surface area contributed by atoms with E-state index in [0.29, 0.717) is 29.7 Å². The normalized spacial score (nSPS) is 20.0. The summed E-state index contributed by atoms with van der Waals surface area (Å²) in [5.74, 6) is 0.602. The van der Waals surface area contributed by atoms with E-state index in [0.717, 1.165) is 61.2 Å². The van der Waals surface area contributed by atoms with Gasteiger partial charge in [-0.1, -0.05) is 19.4 Å². The van der Waals surface area contributed by atoms with Gasteiger partial charge in [0.2, 0.25) is 0 Å². The van der Waals surface area contributed by atoms with E-state index in [9.17, 15) is 13.6 Å². The smallest absolute Gasteiger partial charge is 0.180 e. The second-order valence-electron chi connectivity index (χ2n) is 10.2. The maximum atomic E-state index is 13.9. The summed E-state index contributed by atoms with van der Waals surface area (Å²) in [5, 5.41) is 0.647.